The standard InChI is InChI=1S/C18H16N4O5S.C16H15N5O4S.Cr/c1-10(23)20-12-4-2-11-3-6-17(25)18(14(11)8-12)22-21-15-9-13(28(19,26)27)5-7-16(15)24;1-10-15(16(23)21(20-10)11-5-3-2-4-6-11)19-18-13-9-12(26(17,24)25)7-8-14(13)22;/h2-9,24-25H,1H3,(H,20,23)(H2,19,26,27);2-9,20,22H,1H3,(H2,17,24,25);/q;;+3/p-2. The molecule has 21 heteroatoms. The second kappa shape index (κ2) is 16.9. The topological polar surface area (TPSA) is 303 Å². The second-order valence-corrected chi connectivity index (χ2v) is 14.5. The SMILES string of the molecule is CC(=O)Nc1ccc2ccc(O)c(N=Nc3cc(S(N)(=O)=O)ccc3[O-])c2c1.Cc1[nH]n(-c2ccccc2)c(=O)c1N=Nc1cc(S(N)(=O)=O)ccc1[O-].[Cr+3]. The van der Waals surface area contributed by atoms with Crippen LogP contribution in [0.3, 0.4) is 0 Å². The summed E-state index contributed by atoms with van der Waals surface area (Å²) in [5, 5.41) is 66.0. The molecule has 0 fully saturated rings. The molecular weight excluding hydrogens is 795 g/mol. The zero-order valence-corrected chi connectivity index (χ0v) is 31.5. The summed E-state index contributed by atoms with van der Waals surface area (Å²) >= 11 is 0. The predicted octanol–water partition coefficient (Wildman–Crippen LogP) is 4.25. The summed E-state index contributed by atoms with van der Waals surface area (Å²) in [5.41, 5.74) is 0.679. The van der Waals surface area contributed by atoms with Gasteiger partial charge in [-0.05, 0) is 66.9 Å². The molecule has 0 saturated heterocycles. The predicted molar refractivity (Wildman–Crippen MR) is 194 cm³/mol. The van der Waals surface area contributed by atoms with Crippen molar-refractivity contribution in [2.45, 2.75) is 23.6 Å². The first-order valence-electron chi connectivity index (χ1n) is 15.3. The number of nitrogens with one attached hydrogen (secondary N) is 2. The van der Waals surface area contributed by atoms with Gasteiger partial charge in [0.2, 0.25) is 26.0 Å². The Labute approximate surface area is 323 Å². The molecule has 1 heterocycles. The monoisotopic (exact) mass is 823 g/mol. The molecule has 7 N–H and O–H groups in total. The van der Waals surface area contributed by atoms with E-state index < -0.39 is 37.1 Å². The number of para-hydroxylation sites is 1. The third kappa shape index (κ3) is 10.1. The number of amides is 1. The van der Waals surface area contributed by atoms with Gasteiger partial charge < -0.3 is 20.6 Å². The van der Waals surface area contributed by atoms with E-state index >= 15 is 0 Å². The van der Waals surface area contributed by atoms with E-state index in [4.69, 9.17) is 10.3 Å². The molecule has 5 aromatic carbocycles. The van der Waals surface area contributed by atoms with Crippen molar-refractivity contribution in [3.8, 4) is 22.9 Å². The van der Waals surface area contributed by atoms with Crippen LogP contribution in [0.25, 0.3) is 16.5 Å². The molecule has 1 amide bonds. The Morgan fingerprint density at radius 1 is 0.764 bits per heavy atom. The number of nitrogens with zero attached hydrogens (tertiary/aromatic N) is 5. The number of aromatic hydroxyl groups is 1. The third-order valence-electron chi connectivity index (χ3n) is 7.38. The fraction of sp³-hybridized carbons (Fsp3) is 0.0588. The number of carbonyl (C=O) groups excluding carboxylic acids is 1. The Balaban J connectivity index is 0.000000241. The fourth-order valence-electron chi connectivity index (χ4n) is 4.81. The van der Waals surface area contributed by atoms with Crippen LogP contribution in [0.1, 0.15) is 12.6 Å². The van der Waals surface area contributed by atoms with Crippen LogP contribution in [0.15, 0.2) is 132 Å². The molecule has 6 rings (SSSR count). The summed E-state index contributed by atoms with van der Waals surface area (Å²) in [7, 11) is -8.00. The van der Waals surface area contributed by atoms with Crippen LogP contribution in [0.2, 0.25) is 0 Å². The number of nitrogens with two attached hydrogens (primary N) is 2. The number of rotatable bonds is 8. The molecule has 0 unspecified atom stereocenters. The van der Waals surface area contributed by atoms with E-state index in [1.165, 1.54) is 17.7 Å². The summed E-state index contributed by atoms with van der Waals surface area (Å²) in [6.07, 6.45) is 0. The van der Waals surface area contributed by atoms with Gasteiger partial charge in [-0.2, -0.15) is 10.2 Å². The number of phenolic OH excluding ortho intramolecular Hbond substituents is 1. The fourth-order valence-corrected chi connectivity index (χ4v) is 5.87. The number of sulfonamides is 2. The van der Waals surface area contributed by atoms with Gasteiger partial charge >= 0.3 is 17.4 Å². The largest absolute Gasteiger partial charge is 3.00 e. The van der Waals surface area contributed by atoms with E-state index in [1.807, 2.05) is 6.07 Å². The first-order chi connectivity index (χ1) is 25.4. The molecule has 0 atom stereocenters. The molecule has 1 radical (unpaired) electrons. The molecule has 0 aliphatic rings. The average Bonchev–Trinajstić information content (AvgIpc) is 3.39. The van der Waals surface area contributed by atoms with Gasteiger partial charge in [-0.3, -0.25) is 14.7 Å². The molecule has 0 spiro atoms. The molecular formula is C34H29CrN9O9S2+. The number of H-pyrrole nitrogens is 1. The number of aromatic nitrogens is 2. The van der Waals surface area contributed by atoms with Crippen LogP contribution < -0.4 is 31.4 Å². The number of hydrogen-bond donors (Lipinski definition) is 5. The van der Waals surface area contributed by atoms with Crippen molar-refractivity contribution in [1.82, 2.24) is 9.78 Å². The van der Waals surface area contributed by atoms with Gasteiger partial charge in [0.15, 0.2) is 5.69 Å². The maximum atomic E-state index is 12.5. The number of aromatic amines is 1. The number of primary sulfonamides is 2. The van der Waals surface area contributed by atoms with E-state index in [0.717, 1.165) is 36.4 Å². The molecule has 0 saturated carbocycles. The van der Waals surface area contributed by atoms with Gasteiger partial charge in [0, 0.05) is 18.0 Å². The Hall–Kier alpha value is -6.21. The quantitative estimate of drug-likeness (QED) is 0.137. The summed E-state index contributed by atoms with van der Waals surface area (Å²) in [5.74, 6) is -1.57. The van der Waals surface area contributed by atoms with Gasteiger partial charge in [0.25, 0.3) is 5.56 Å². The Morgan fingerprint density at radius 3 is 1.82 bits per heavy atom. The summed E-state index contributed by atoms with van der Waals surface area (Å²) in [6, 6.07) is 23.2. The maximum absolute atomic E-state index is 12.5. The maximum Gasteiger partial charge on any atom is 3.00 e. The smallest absolute Gasteiger partial charge is 0.871 e. The molecule has 0 aliphatic carbocycles. The van der Waals surface area contributed by atoms with Crippen molar-refractivity contribution < 1.29 is 54.3 Å². The third-order valence-corrected chi connectivity index (χ3v) is 9.20. The van der Waals surface area contributed by atoms with E-state index in [2.05, 4.69) is 30.9 Å². The minimum Gasteiger partial charge on any atom is -0.871 e. The normalized spacial score (nSPS) is 11.6. The second-order valence-electron chi connectivity index (χ2n) is 11.4. The van der Waals surface area contributed by atoms with Gasteiger partial charge in [0.1, 0.15) is 11.4 Å². The minimum absolute atomic E-state index is 0. The van der Waals surface area contributed by atoms with Crippen LogP contribution in [-0.4, -0.2) is 37.6 Å². The number of hydrogen-bond acceptors (Lipinski definition) is 13. The first kappa shape index (κ1) is 41.5. The summed E-state index contributed by atoms with van der Waals surface area (Å²) < 4.78 is 47.0. The number of azo groups is 2. The van der Waals surface area contributed by atoms with E-state index in [-0.39, 0.29) is 61.6 Å². The number of carbonyl (C=O) groups is 1. The van der Waals surface area contributed by atoms with Crippen LogP contribution >= 0.6 is 0 Å². The van der Waals surface area contributed by atoms with E-state index in [1.54, 1.807) is 55.5 Å². The summed E-state index contributed by atoms with van der Waals surface area (Å²) in [6.45, 7) is 3.00. The van der Waals surface area contributed by atoms with Gasteiger partial charge in [0.05, 0.1) is 32.5 Å². The van der Waals surface area contributed by atoms with Gasteiger partial charge in [-0.25, -0.2) is 31.8 Å². The molecule has 18 nitrogen and oxygen atoms in total. The molecule has 55 heavy (non-hydrogen) atoms. The zero-order valence-electron chi connectivity index (χ0n) is 28.6. The van der Waals surface area contributed by atoms with Crippen LogP contribution in [0, 0.1) is 6.92 Å². The van der Waals surface area contributed by atoms with E-state index in [0.29, 0.717) is 27.8 Å². The number of fused-ring (bicyclic) bond motifs is 1. The number of phenols is 1. The van der Waals surface area contributed by atoms with Crippen LogP contribution in [0.5, 0.6) is 17.2 Å². The Kier molecular flexibility index (Phi) is 12.7. The van der Waals surface area contributed by atoms with Gasteiger partial charge in [-0.1, -0.05) is 54.0 Å². The molecule has 1 aromatic heterocycles. The van der Waals surface area contributed by atoms with Crippen LogP contribution in [-0.2, 0) is 42.2 Å². The van der Waals surface area contributed by atoms with Crippen LogP contribution in [0.4, 0.5) is 28.4 Å². The Morgan fingerprint density at radius 2 is 1.29 bits per heavy atom. The molecule has 0 bridgehead atoms. The van der Waals surface area contributed by atoms with Crippen molar-refractivity contribution in [3.63, 3.8) is 0 Å². The van der Waals surface area contributed by atoms with E-state index in [9.17, 15) is 41.7 Å². The molecule has 0 aliphatic heterocycles. The van der Waals surface area contributed by atoms with Crippen molar-refractivity contribution in [2.24, 2.45) is 30.7 Å². The van der Waals surface area contributed by atoms with Crippen molar-refractivity contribution in [3.05, 3.63) is 113 Å². The van der Waals surface area contributed by atoms with Crippen molar-refractivity contribution >= 4 is 65.2 Å². The number of aryl methyl sites for hydroxylation is 1. The van der Waals surface area contributed by atoms with Crippen molar-refractivity contribution in [2.75, 3.05) is 5.32 Å². The van der Waals surface area contributed by atoms with Crippen molar-refractivity contribution in [1.29, 1.82) is 0 Å². The first-order valence-corrected chi connectivity index (χ1v) is 18.4. The van der Waals surface area contributed by atoms with Gasteiger partial charge in [-0.15, -0.1) is 10.2 Å². The number of anilines is 1. The minimum atomic E-state index is -4.02. The Bertz CT molecular complexity index is 2750. The number of benzene rings is 5. The zero-order chi connectivity index (χ0) is 39.4. The molecule has 6 aromatic rings. The average molecular weight is 824 g/mol. The summed E-state index contributed by atoms with van der Waals surface area (Å²) in [4.78, 5) is 23.2. The molecule has 281 valence electrons.